The Kier molecular flexibility index (Phi) is 7.78. The third-order valence-corrected chi connectivity index (χ3v) is 7.46. The van der Waals surface area contributed by atoms with Crippen LogP contribution in [0, 0.1) is 0 Å². The van der Waals surface area contributed by atoms with Crippen LogP contribution in [0.2, 0.25) is 0 Å². The lowest BCUT2D eigenvalue weighted by atomic mass is 9.79. The van der Waals surface area contributed by atoms with Gasteiger partial charge >= 0.3 is 0 Å². The predicted octanol–water partition coefficient (Wildman–Crippen LogP) is 4.75. The molecule has 0 bridgehead atoms. The summed E-state index contributed by atoms with van der Waals surface area (Å²) in [4.78, 5) is 2.40. The van der Waals surface area contributed by atoms with Crippen molar-refractivity contribution in [2.45, 2.75) is 38.0 Å². The SMILES string of the molecule is COc1c(C2CCCCC2)c(-c2cccc(N3CCNCC3)c2)cc2onc(NS(C)(=O)=O)c12.Cl. The number of hydrogen-bond acceptors (Lipinski definition) is 7. The molecule has 10 heteroatoms. The van der Waals surface area contributed by atoms with Crippen molar-refractivity contribution in [2.24, 2.45) is 0 Å². The number of anilines is 2. The zero-order valence-electron chi connectivity index (χ0n) is 20.2. The molecule has 2 aliphatic rings. The van der Waals surface area contributed by atoms with E-state index >= 15 is 0 Å². The van der Waals surface area contributed by atoms with Gasteiger partial charge in [0.05, 0.1) is 13.4 Å². The molecule has 1 saturated carbocycles. The van der Waals surface area contributed by atoms with Crippen LogP contribution in [-0.4, -0.2) is 53.1 Å². The Morgan fingerprint density at radius 3 is 2.57 bits per heavy atom. The van der Waals surface area contributed by atoms with Crippen molar-refractivity contribution in [1.82, 2.24) is 10.5 Å². The summed E-state index contributed by atoms with van der Waals surface area (Å²) in [5.41, 5.74) is 4.99. The highest BCUT2D eigenvalue weighted by Gasteiger charge is 2.29. The molecule has 3 aromatic rings. The topological polar surface area (TPSA) is 96.7 Å². The second-order valence-electron chi connectivity index (χ2n) is 9.27. The minimum Gasteiger partial charge on any atom is -0.496 e. The molecule has 0 amide bonds. The van der Waals surface area contributed by atoms with Gasteiger partial charge in [-0.3, -0.25) is 4.72 Å². The van der Waals surface area contributed by atoms with Gasteiger partial charge in [0.1, 0.15) is 11.1 Å². The predicted molar refractivity (Wildman–Crippen MR) is 143 cm³/mol. The van der Waals surface area contributed by atoms with Crippen LogP contribution in [0.25, 0.3) is 22.1 Å². The molecule has 1 aliphatic carbocycles. The van der Waals surface area contributed by atoms with Crippen LogP contribution in [0.3, 0.4) is 0 Å². The van der Waals surface area contributed by atoms with E-state index in [1.807, 2.05) is 6.07 Å². The summed E-state index contributed by atoms with van der Waals surface area (Å²) in [6, 6.07) is 10.6. The molecular formula is C25H33ClN4O4S. The van der Waals surface area contributed by atoms with E-state index in [0.717, 1.165) is 62.0 Å². The fraction of sp³-hybridized carbons (Fsp3) is 0.480. The maximum Gasteiger partial charge on any atom is 0.231 e. The molecule has 2 fully saturated rings. The van der Waals surface area contributed by atoms with Crippen LogP contribution in [0.1, 0.15) is 43.6 Å². The highest BCUT2D eigenvalue weighted by Crippen LogP contribution is 2.48. The molecular weight excluding hydrogens is 488 g/mol. The Bertz CT molecular complexity index is 1280. The highest BCUT2D eigenvalue weighted by atomic mass is 35.5. The summed E-state index contributed by atoms with van der Waals surface area (Å²) in [5, 5.41) is 8.03. The summed E-state index contributed by atoms with van der Waals surface area (Å²) >= 11 is 0. The fourth-order valence-corrected chi connectivity index (χ4v) is 5.86. The van der Waals surface area contributed by atoms with Crippen LogP contribution < -0.4 is 19.7 Å². The third-order valence-electron chi connectivity index (χ3n) is 6.89. The van der Waals surface area contributed by atoms with Crippen molar-refractivity contribution in [1.29, 1.82) is 0 Å². The minimum absolute atomic E-state index is 0. The molecule has 0 atom stereocenters. The summed E-state index contributed by atoms with van der Waals surface area (Å²) < 4.78 is 38.0. The monoisotopic (exact) mass is 520 g/mol. The van der Waals surface area contributed by atoms with E-state index in [-0.39, 0.29) is 18.2 Å². The van der Waals surface area contributed by atoms with E-state index in [0.29, 0.717) is 22.6 Å². The van der Waals surface area contributed by atoms with Gasteiger partial charge in [0, 0.05) is 37.4 Å². The van der Waals surface area contributed by atoms with E-state index < -0.39 is 10.0 Å². The van der Waals surface area contributed by atoms with E-state index in [1.165, 1.54) is 24.9 Å². The molecule has 1 aliphatic heterocycles. The molecule has 1 aromatic heterocycles. The molecule has 0 unspecified atom stereocenters. The lowest BCUT2D eigenvalue weighted by Gasteiger charge is -2.30. The molecule has 190 valence electrons. The Morgan fingerprint density at radius 2 is 1.89 bits per heavy atom. The zero-order valence-corrected chi connectivity index (χ0v) is 21.8. The van der Waals surface area contributed by atoms with Crippen molar-refractivity contribution in [2.75, 3.05) is 49.2 Å². The number of ether oxygens (including phenoxy) is 1. The number of nitrogens with one attached hydrogen (secondary N) is 2. The van der Waals surface area contributed by atoms with Crippen molar-refractivity contribution < 1.29 is 17.7 Å². The standard InChI is InChI=1S/C25H32N4O4S.ClH/c1-32-24-22(17-7-4-3-5-8-17)20(16-21-23(24)25(27-33-21)28-34(2,30)31)18-9-6-10-19(15-18)29-13-11-26-12-14-29;/h6,9-10,15-17,26H,3-5,7-8,11-14H2,1-2H3,(H,27,28);1H. The number of methoxy groups -OCH3 is 1. The van der Waals surface area contributed by atoms with Gasteiger partial charge in [-0.15, -0.1) is 12.4 Å². The smallest absolute Gasteiger partial charge is 0.231 e. The second-order valence-corrected chi connectivity index (χ2v) is 11.0. The van der Waals surface area contributed by atoms with E-state index in [1.54, 1.807) is 7.11 Å². The van der Waals surface area contributed by atoms with Crippen LogP contribution in [0.15, 0.2) is 34.9 Å². The number of piperazine rings is 1. The van der Waals surface area contributed by atoms with Gasteiger partial charge in [-0.1, -0.05) is 36.6 Å². The molecule has 2 heterocycles. The van der Waals surface area contributed by atoms with Gasteiger partial charge in [-0.25, -0.2) is 8.42 Å². The van der Waals surface area contributed by atoms with E-state index in [4.69, 9.17) is 9.26 Å². The first-order valence-electron chi connectivity index (χ1n) is 12.0. The molecule has 8 nitrogen and oxygen atoms in total. The van der Waals surface area contributed by atoms with Crippen LogP contribution in [-0.2, 0) is 10.0 Å². The first kappa shape index (κ1) is 25.6. The number of benzene rings is 2. The van der Waals surface area contributed by atoms with Gasteiger partial charge in [0.25, 0.3) is 0 Å². The third kappa shape index (κ3) is 5.37. The van der Waals surface area contributed by atoms with E-state index in [9.17, 15) is 8.42 Å². The van der Waals surface area contributed by atoms with Gasteiger partial charge in [-0.05, 0) is 48.1 Å². The van der Waals surface area contributed by atoms with Crippen molar-refractivity contribution in [3.05, 3.63) is 35.9 Å². The van der Waals surface area contributed by atoms with Crippen molar-refractivity contribution in [3.8, 4) is 16.9 Å². The van der Waals surface area contributed by atoms with Crippen LogP contribution >= 0.6 is 12.4 Å². The quantitative estimate of drug-likeness (QED) is 0.484. The minimum atomic E-state index is -3.52. The zero-order chi connectivity index (χ0) is 23.7. The lowest BCUT2D eigenvalue weighted by molar-refractivity contribution is 0.391. The van der Waals surface area contributed by atoms with Crippen molar-refractivity contribution >= 4 is 44.9 Å². The van der Waals surface area contributed by atoms with Gasteiger partial charge in [0.2, 0.25) is 10.0 Å². The Labute approximate surface area is 212 Å². The van der Waals surface area contributed by atoms with Gasteiger partial charge in [-0.2, -0.15) is 0 Å². The van der Waals surface area contributed by atoms with E-state index in [2.05, 4.69) is 44.4 Å². The Balaban J connectivity index is 0.00000289. The Morgan fingerprint density at radius 1 is 1.14 bits per heavy atom. The lowest BCUT2D eigenvalue weighted by Crippen LogP contribution is -2.43. The first-order valence-corrected chi connectivity index (χ1v) is 13.9. The molecule has 1 saturated heterocycles. The molecule has 0 radical (unpaired) electrons. The number of halogens is 1. The fourth-order valence-electron chi connectivity index (χ4n) is 5.37. The first-order chi connectivity index (χ1) is 16.4. The number of fused-ring (bicyclic) bond motifs is 1. The average Bonchev–Trinajstić information content (AvgIpc) is 3.25. The number of aromatic nitrogens is 1. The number of hydrogen-bond donors (Lipinski definition) is 2. The number of nitrogens with zero attached hydrogens (tertiary/aromatic N) is 2. The maximum atomic E-state index is 12.0. The molecule has 5 rings (SSSR count). The maximum absolute atomic E-state index is 12.0. The summed E-state index contributed by atoms with van der Waals surface area (Å²) in [6.07, 6.45) is 6.84. The summed E-state index contributed by atoms with van der Waals surface area (Å²) in [6.45, 7) is 3.91. The largest absolute Gasteiger partial charge is 0.496 e. The summed E-state index contributed by atoms with van der Waals surface area (Å²) in [7, 11) is -1.88. The van der Waals surface area contributed by atoms with Gasteiger partial charge in [0.15, 0.2) is 11.4 Å². The van der Waals surface area contributed by atoms with Crippen LogP contribution in [0.4, 0.5) is 11.5 Å². The number of rotatable bonds is 6. The Hall–Kier alpha value is -2.49. The molecule has 0 spiro atoms. The normalized spacial score (nSPS) is 17.3. The average molecular weight is 521 g/mol. The van der Waals surface area contributed by atoms with Crippen molar-refractivity contribution in [3.63, 3.8) is 0 Å². The molecule has 35 heavy (non-hydrogen) atoms. The van der Waals surface area contributed by atoms with Gasteiger partial charge < -0.3 is 19.5 Å². The van der Waals surface area contributed by atoms with Crippen LogP contribution in [0.5, 0.6) is 5.75 Å². The molecule has 2 aromatic carbocycles. The highest BCUT2D eigenvalue weighted by molar-refractivity contribution is 7.92. The number of sulfonamides is 1. The molecule has 2 N–H and O–H groups in total. The summed E-state index contributed by atoms with van der Waals surface area (Å²) in [5.74, 6) is 1.15. The second kappa shape index (κ2) is 10.6.